The Morgan fingerprint density at radius 2 is 2.06 bits per heavy atom. The smallest absolute Gasteiger partial charge is 0.338 e. The van der Waals surface area contributed by atoms with Gasteiger partial charge in [0.25, 0.3) is 0 Å². The minimum atomic E-state index is -0.328. The van der Waals surface area contributed by atoms with Crippen LogP contribution < -0.4 is 0 Å². The minimum Gasteiger partial charge on any atom is -0.465 e. The Kier molecular flexibility index (Phi) is 4.44. The van der Waals surface area contributed by atoms with E-state index in [-0.39, 0.29) is 11.9 Å². The Morgan fingerprint density at radius 3 is 2.59 bits per heavy atom. The van der Waals surface area contributed by atoms with Crippen molar-refractivity contribution in [2.75, 3.05) is 7.11 Å². The van der Waals surface area contributed by atoms with Crippen LogP contribution in [0.3, 0.4) is 0 Å². The van der Waals surface area contributed by atoms with Crippen molar-refractivity contribution < 1.29 is 14.3 Å². The molecule has 0 saturated heterocycles. The Morgan fingerprint density at radius 1 is 1.41 bits per heavy atom. The molecule has 0 spiro atoms. The van der Waals surface area contributed by atoms with Gasteiger partial charge < -0.3 is 9.53 Å². The largest absolute Gasteiger partial charge is 0.465 e. The quantitative estimate of drug-likeness (QED) is 0.594. The van der Waals surface area contributed by atoms with Gasteiger partial charge in [-0.05, 0) is 42.5 Å². The van der Waals surface area contributed by atoms with E-state index in [9.17, 15) is 9.59 Å². The molecule has 1 aromatic carbocycles. The zero-order valence-electron chi connectivity index (χ0n) is 10.7. The fourth-order valence-corrected chi connectivity index (χ4v) is 1.77. The Hall–Kier alpha value is -1.64. The third-order valence-corrected chi connectivity index (χ3v) is 3.11. The minimum absolute atomic E-state index is 0.121. The summed E-state index contributed by atoms with van der Waals surface area (Å²) in [5, 5.41) is 0. The number of carbonyl (C=O) groups is 2. The van der Waals surface area contributed by atoms with Gasteiger partial charge in [0.05, 0.1) is 12.7 Å². The molecule has 0 aliphatic rings. The number of methoxy groups -OCH3 is 1. The number of carbonyl (C=O) groups excluding carboxylic acids is 2. The topological polar surface area (TPSA) is 43.4 Å². The summed E-state index contributed by atoms with van der Waals surface area (Å²) in [4.78, 5) is 22.2. The van der Waals surface area contributed by atoms with Gasteiger partial charge in [-0.1, -0.05) is 13.0 Å². The standard InChI is InChI=1S/C14H18O3/c1-9(5-6-15)12-7-10(2)11(3)13(8-12)14(16)17-4/h6-9H,5H2,1-4H3. The van der Waals surface area contributed by atoms with Crippen LogP contribution in [-0.4, -0.2) is 19.4 Å². The van der Waals surface area contributed by atoms with Crippen LogP contribution in [-0.2, 0) is 9.53 Å². The lowest BCUT2D eigenvalue weighted by molar-refractivity contribution is -0.108. The average molecular weight is 234 g/mol. The highest BCUT2D eigenvalue weighted by Gasteiger charge is 2.15. The van der Waals surface area contributed by atoms with Crippen LogP contribution in [0.5, 0.6) is 0 Å². The van der Waals surface area contributed by atoms with Gasteiger partial charge in [-0.2, -0.15) is 0 Å². The molecule has 17 heavy (non-hydrogen) atoms. The predicted molar refractivity (Wildman–Crippen MR) is 66.4 cm³/mol. The van der Waals surface area contributed by atoms with Crippen LogP contribution in [0.1, 0.15) is 46.3 Å². The number of rotatable bonds is 4. The third kappa shape index (κ3) is 2.93. The number of esters is 1. The van der Waals surface area contributed by atoms with Gasteiger partial charge in [-0.3, -0.25) is 0 Å². The second kappa shape index (κ2) is 5.62. The molecule has 0 heterocycles. The molecule has 1 atom stereocenters. The van der Waals surface area contributed by atoms with E-state index in [4.69, 9.17) is 4.74 Å². The van der Waals surface area contributed by atoms with E-state index in [2.05, 4.69) is 0 Å². The van der Waals surface area contributed by atoms with Gasteiger partial charge in [-0.15, -0.1) is 0 Å². The monoisotopic (exact) mass is 234 g/mol. The van der Waals surface area contributed by atoms with Gasteiger partial charge in [0.15, 0.2) is 0 Å². The van der Waals surface area contributed by atoms with Crippen molar-refractivity contribution in [3.8, 4) is 0 Å². The number of aldehydes is 1. The second-order valence-corrected chi connectivity index (χ2v) is 4.31. The molecule has 0 radical (unpaired) electrons. The predicted octanol–water partition coefficient (Wildman–Crippen LogP) is 2.78. The lowest BCUT2D eigenvalue weighted by Crippen LogP contribution is -2.07. The highest BCUT2D eigenvalue weighted by Crippen LogP contribution is 2.24. The first-order valence-electron chi connectivity index (χ1n) is 5.64. The van der Waals surface area contributed by atoms with Crippen molar-refractivity contribution in [1.29, 1.82) is 0 Å². The fraction of sp³-hybridized carbons (Fsp3) is 0.429. The number of benzene rings is 1. The summed E-state index contributed by atoms with van der Waals surface area (Å²) < 4.78 is 4.76. The van der Waals surface area contributed by atoms with Gasteiger partial charge in [0.1, 0.15) is 6.29 Å². The van der Waals surface area contributed by atoms with Crippen molar-refractivity contribution in [1.82, 2.24) is 0 Å². The maximum absolute atomic E-state index is 11.6. The van der Waals surface area contributed by atoms with Crippen molar-refractivity contribution in [3.63, 3.8) is 0 Å². The maximum Gasteiger partial charge on any atom is 0.338 e. The Balaban J connectivity index is 3.23. The summed E-state index contributed by atoms with van der Waals surface area (Å²) in [7, 11) is 1.37. The van der Waals surface area contributed by atoms with E-state index >= 15 is 0 Å². The van der Waals surface area contributed by atoms with Crippen LogP contribution >= 0.6 is 0 Å². The summed E-state index contributed by atoms with van der Waals surface area (Å²) >= 11 is 0. The lowest BCUT2D eigenvalue weighted by atomic mass is 9.92. The zero-order chi connectivity index (χ0) is 13.0. The Bertz CT molecular complexity index is 435. The van der Waals surface area contributed by atoms with Crippen LogP contribution in [0.25, 0.3) is 0 Å². The maximum atomic E-state index is 11.6. The third-order valence-electron chi connectivity index (χ3n) is 3.11. The Labute approximate surface area is 102 Å². The molecule has 3 heteroatoms. The number of aryl methyl sites for hydroxylation is 1. The van der Waals surface area contributed by atoms with E-state index < -0.39 is 0 Å². The molecule has 3 nitrogen and oxygen atoms in total. The highest BCUT2D eigenvalue weighted by atomic mass is 16.5. The van der Waals surface area contributed by atoms with Crippen molar-refractivity contribution >= 4 is 12.3 Å². The molecular weight excluding hydrogens is 216 g/mol. The zero-order valence-corrected chi connectivity index (χ0v) is 10.7. The number of hydrogen-bond acceptors (Lipinski definition) is 3. The first-order valence-corrected chi connectivity index (χ1v) is 5.64. The molecule has 0 aliphatic heterocycles. The van der Waals surface area contributed by atoms with Crippen molar-refractivity contribution in [2.45, 2.75) is 33.1 Å². The van der Waals surface area contributed by atoms with Crippen molar-refractivity contribution in [3.05, 3.63) is 34.4 Å². The van der Waals surface area contributed by atoms with Gasteiger partial charge >= 0.3 is 5.97 Å². The summed E-state index contributed by atoms with van der Waals surface area (Å²) in [6.07, 6.45) is 1.36. The normalized spacial score (nSPS) is 12.0. The van der Waals surface area contributed by atoms with Crippen molar-refractivity contribution in [2.24, 2.45) is 0 Å². The molecule has 0 aromatic heterocycles. The average Bonchev–Trinajstić information content (AvgIpc) is 2.31. The molecule has 0 amide bonds. The number of hydrogen-bond donors (Lipinski definition) is 0. The first kappa shape index (κ1) is 13.4. The van der Waals surface area contributed by atoms with Crippen LogP contribution in [0.4, 0.5) is 0 Å². The molecule has 1 aromatic rings. The molecule has 92 valence electrons. The lowest BCUT2D eigenvalue weighted by Gasteiger charge is -2.14. The number of ether oxygens (including phenoxy) is 1. The van der Waals surface area contributed by atoms with Crippen LogP contribution in [0, 0.1) is 13.8 Å². The molecule has 1 unspecified atom stereocenters. The van der Waals surface area contributed by atoms with E-state index in [1.807, 2.05) is 32.9 Å². The SMILES string of the molecule is COC(=O)c1cc(C(C)CC=O)cc(C)c1C. The van der Waals surface area contributed by atoms with Crippen LogP contribution in [0.2, 0.25) is 0 Å². The summed E-state index contributed by atoms with van der Waals surface area (Å²) in [5.41, 5.74) is 3.56. The molecule has 0 aliphatic carbocycles. The second-order valence-electron chi connectivity index (χ2n) is 4.31. The molecule has 1 rings (SSSR count). The molecule has 0 fully saturated rings. The van der Waals surface area contributed by atoms with Gasteiger partial charge in [0, 0.05) is 6.42 Å². The summed E-state index contributed by atoms with van der Waals surface area (Å²) in [6, 6.07) is 3.85. The van der Waals surface area contributed by atoms with E-state index in [0.717, 1.165) is 23.0 Å². The first-order chi connectivity index (χ1) is 8.01. The summed E-state index contributed by atoms with van der Waals surface area (Å²) in [5.74, 6) is -0.207. The van der Waals surface area contributed by atoms with E-state index in [1.54, 1.807) is 0 Å². The molecule has 0 saturated carbocycles. The summed E-state index contributed by atoms with van der Waals surface area (Å²) in [6.45, 7) is 5.83. The molecule has 0 bridgehead atoms. The van der Waals surface area contributed by atoms with E-state index in [0.29, 0.717) is 12.0 Å². The van der Waals surface area contributed by atoms with Gasteiger partial charge in [0.2, 0.25) is 0 Å². The van der Waals surface area contributed by atoms with Crippen LogP contribution in [0.15, 0.2) is 12.1 Å². The molecule has 0 N–H and O–H groups in total. The highest BCUT2D eigenvalue weighted by molar-refractivity contribution is 5.91. The fourth-order valence-electron chi connectivity index (χ4n) is 1.77. The van der Waals surface area contributed by atoms with Gasteiger partial charge in [-0.25, -0.2) is 4.79 Å². The molecular formula is C14H18O3. The van der Waals surface area contributed by atoms with E-state index in [1.165, 1.54) is 7.11 Å².